The molecular formula is C12H26N2O2S. The minimum Gasteiger partial charge on any atom is -0.314 e. The molecule has 1 unspecified atom stereocenters. The van der Waals surface area contributed by atoms with Gasteiger partial charge in [0.05, 0.1) is 11.0 Å². The Morgan fingerprint density at radius 1 is 1.18 bits per heavy atom. The van der Waals surface area contributed by atoms with Crippen molar-refractivity contribution in [3.63, 3.8) is 0 Å². The fourth-order valence-corrected chi connectivity index (χ4v) is 3.88. The summed E-state index contributed by atoms with van der Waals surface area (Å²) in [4.78, 5) is 0. The Morgan fingerprint density at radius 2 is 1.88 bits per heavy atom. The van der Waals surface area contributed by atoms with Crippen molar-refractivity contribution < 1.29 is 8.42 Å². The van der Waals surface area contributed by atoms with Crippen LogP contribution in [0.3, 0.4) is 0 Å². The first-order valence-electron chi connectivity index (χ1n) is 6.48. The highest BCUT2D eigenvalue weighted by atomic mass is 32.2. The molecule has 0 spiro atoms. The molecule has 5 heteroatoms. The summed E-state index contributed by atoms with van der Waals surface area (Å²) in [6.45, 7) is 8.67. The summed E-state index contributed by atoms with van der Waals surface area (Å²) in [6, 6.07) is 0. The van der Waals surface area contributed by atoms with E-state index in [9.17, 15) is 8.42 Å². The van der Waals surface area contributed by atoms with E-state index in [2.05, 4.69) is 31.4 Å². The third-order valence-electron chi connectivity index (χ3n) is 3.04. The van der Waals surface area contributed by atoms with E-state index in [0.29, 0.717) is 12.3 Å². The molecule has 0 bridgehead atoms. The Bertz CT molecular complexity index is 320. The Kier molecular flexibility index (Phi) is 5.41. The van der Waals surface area contributed by atoms with Gasteiger partial charge in [-0.2, -0.15) is 0 Å². The highest BCUT2D eigenvalue weighted by Gasteiger charge is 2.27. The zero-order valence-corrected chi connectivity index (χ0v) is 12.1. The highest BCUT2D eigenvalue weighted by Crippen LogP contribution is 2.18. The van der Waals surface area contributed by atoms with Gasteiger partial charge in [0.25, 0.3) is 0 Å². The Balaban J connectivity index is 2.18. The minimum atomic E-state index is -2.82. The first-order chi connectivity index (χ1) is 7.81. The maximum absolute atomic E-state index is 11.7. The summed E-state index contributed by atoms with van der Waals surface area (Å²) in [6.07, 6.45) is 2.71. The fourth-order valence-electron chi connectivity index (χ4n) is 2.04. The lowest BCUT2D eigenvalue weighted by Gasteiger charge is -2.24. The zero-order chi connectivity index (χ0) is 12.9. The summed E-state index contributed by atoms with van der Waals surface area (Å²) in [7, 11) is -2.82. The second-order valence-corrected chi connectivity index (χ2v) is 8.27. The molecule has 0 aromatic heterocycles. The van der Waals surface area contributed by atoms with Crippen LogP contribution in [0.5, 0.6) is 0 Å². The van der Waals surface area contributed by atoms with E-state index >= 15 is 0 Å². The maximum Gasteiger partial charge on any atom is 0.154 e. The van der Waals surface area contributed by atoms with Crippen LogP contribution in [0.2, 0.25) is 0 Å². The molecule has 102 valence electrons. The summed E-state index contributed by atoms with van der Waals surface area (Å²) in [5.74, 6) is 0.375. The van der Waals surface area contributed by atoms with Crippen molar-refractivity contribution in [2.75, 3.05) is 25.4 Å². The normalized spacial score (nSPS) is 24.8. The molecule has 0 aliphatic carbocycles. The number of sulfone groups is 1. The van der Waals surface area contributed by atoms with Crippen molar-refractivity contribution in [2.24, 2.45) is 0 Å². The van der Waals surface area contributed by atoms with Crippen LogP contribution >= 0.6 is 0 Å². The van der Waals surface area contributed by atoms with E-state index < -0.39 is 9.84 Å². The largest absolute Gasteiger partial charge is 0.314 e. The number of nitrogens with one attached hydrogen (secondary N) is 2. The van der Waals surface area contributed by atoms with Crippen LogP contribution < -0.4 is 10.6 Å². The smallest absolute Gasteiger partial charge is 0.154 e. The quantitative estimate of drug-likeness (QED) is 0.724. The second kappa shape index (κ2) is 6.16. The molecule has 1 saturated heterocycles. The van der Waals surface area contributed by atoms with Gasteiger partial charge < -0.3 is 10.6 Å². The molecule has 1 heterocycles. The van der Waals surface area contributed by atoms with Gasteiger partial charge in [-0.05, 0) is 33.6 Å². The lowest BCUT2D eigenvalue weighted by atomic mass is 10.1. The average molecular weight is 262 g/mol. The van der Waals surface area contributed by atoms with E-state index in [0.717, 1.165) is 32.4 Å². The summed E-state index contributed by atoms with van der Waals surface area (Å²) < 4.78 is 23.5. The standard InChI is InChI=1S/C12H26N2O2S/c1-12(2,3)14-8-7-13-10-11-6-4-5-9-17(11,15)16/h11,13-14H,4-10H2,1-3H3. The summed E-state index contributed by atoms with van der Waals surface area (Å²) in [5.41, 5.74) is 0.124. The molecular weight excluding hydrogens is 236 g/mol. The van der Waals surface area contributed by atoms with E-state index in [1.807, 2.05) is 0 Å². The molecule has 0 saturated carbocycles. The topological polar surface area (TPSA) is 58.2 Å². The van der Waals surface area contributed by atoms with Gasteiger partial charge in [-0.25, -0.2) is 8.42 Å². The molecule has 1 fully saturated rings. The second-order valence-electron chi connectivity index (χ2n) is 5.87. The van der Waals surface area contributed by atoms with Gasteiger partial charge in [0.1, 0.15) is 0 Å². The van der Waals surface area contributed by atoms with Gasteiger partial charge >= 0.3 is 0 Å². The van der Waals surface area contributed by atoms with Crippen LogP contribution in [0.4, 0.5) is 0 Å². The van der Waals surface area contributed by atoms with Crippen LogP contribution in [-0.4, -0.2) is 44.6 Å². The Labute approximate surface area is 105 Å². The fraction of sp³-hybridized carbons (Fsp3) is 1.00. The van der Waals surface area contributed by atoms with Gasteiger partial charge in [-0.15, -0.1) is 0 Å². The van der Waals surface area contributed by atoms with Crippen LogP contribution in [-0.2, 0) is 9.84 Å². The van der Waals surface area contributed by atoms with Gasteiger partial charge in [-0.1, -0.05) is 6.42 Å². The van der Waals surface area contributed by atoms with Crippen molar-refractivity contribution in [1.82, 2.24) is 10.6 Å². The van der Waals surface area contributed by atoms with Crippen molar-refractivity contribution >= 4 is 9.84 Å². The van der Waals surface area contributed by atoms with Crippen molar-refractivity contribution in [1.29, 1.82) is 0 Å². The number of rotatable bonds is 5. The van der Waals surface area contributed by atoms with Gasteiger partial charge in [0.2, 0.25) is 0 Å². The minimum absolute atomic E-state index is 0.124. The Hall–Kier alpha value is -0.130. The molecule has 2 N–H and O–H groups in total. The predicted octanol–water partition coefficient (Wildman–Crippen LogP) is 0.931. The molecule has 17 heavy (non-hydrogen) atoms. The molecule has 1 aliphatic heterocycles. The maximum atomic E-state index is 11.7. The molecule has 0 aromatic carbocycles. The van der Waals surface area contributed by atoms with E-state index in [1.54, 1.807) is 0 Å². The molecule has 0 aromatic rings. The predicted molar refractivity (Wildman–Crippen MR) is 72.1 cm³/mol. The summed E-state index contributed by atoms with van der Waals surface area (Å²) >= 11 is 0. The third kappa shape index (κ3) is 5.84. The van der Waals surface area contributed by atoms with Crippen LogP contribution in [0, 0.1) is 0 Å². The third-order valence-corrected chi connectivity index (χ3v) is 5.32. The monoisotopic (exact) mass is 262 g/mol. The first-order valence-corrected chi connectivity index (χ1v) is 8.20. The van der Waals surface area contributed by atoms with E-state index in [4.69, 9.17) is 0 Å². The lowest BCUT2D eigenvalue weighted by Crippen LogP contribution is -2.43. The average Bonchev–Trinajstić information content (AvgIpc) is 2.17. The number of hydrogen-bond acceptors (Lipinski definition) is 4. The molecule has 4 nitrogen and oxygen atoms in total. The first kappa shape index (κ1) is 14.9. The van der Waals surface area contributed by atoms with Crippen molar-refractivity contribution in [3.8, 4) is 0 Å². The molecule has 1 aliphatic rings. The van der Waals surface area contributed by atoms with Crippen molar-refractivity contribution in [2.45, 2.75) is 50.8 Å². The molecule has 0 amide bonds. The van der Waals surface area contributed by atoms with Crippen LogP contribution in [0.15, 0.2) is 0 Å². The van der Waals surface area contributed by atoms with Crippen LogP contribution in [0.25, 0.3) is 0 Å². The molecule has 0 radical (unpaired) electrons. The number of hydrogen-bond donors (Lipinski definition) is 2. The van der Waals surface area contributed by atoms with Gasteiger partial charge in [0, 0.05) is 25.2 Å². The molecule has 1 rings (SSSR count). The van der Waals surface area contributed by atoms with Gasteiger partial charge in [0.15, 0.2) is 9.84 Å². The zero-order valence-electron chi connectivity index (χ0n) is 11.3. The summed E-state index contributed by atoms with van der Waals surface area (Å²) in [5, 5.41) is 6.45. The SMILES string of the molecule is CC(C)(C)NCCNCC1CCCCS1(=O)=O. The van der Waals surface area contributed by atoms with E-state index in [1.165, 1.54) is 0 Å². The highest BCUT2D eigenvalue weighted by molar-refractivity contribution is 7.92. The van der Waals surface area contributed by atoms with Gasteiger partial charge in [-0.3, -0.25) is 0 Å². The lowest BCUT2D eigenvalue weighted by molar-refractivity contribution is 0.419. The van der Waals surface area contributed by atoms with Crippen molar-refractivity contribution in [3.05, 3.63) is 0 Å². The van der Waals surface area contributed by atoms with Crippen LogP contribution in [0.1, 0.15) is 40.0 Å². The Morgan fingerprint density at radius 3 is 2.47 bits per heavy atom. The molecule has 1 atom stereocenters. The van der Waals surface area contributed by atoms with E-state index in [-0.39, 0.29) is 10.8 Å².